The Bertz CT molecular complexity index is 410. The van der Waals surface area contributed by atoms with Gasteiger partial charge >= 0.3 is 0 Å². The van der Waals surface area contributed by atoms with E-state index in [1.807, 2.05) is 12.3 Å². The second-order valence-corrected chi connectivity index (χ2v) is 6.09. The predicted molar refractivity (Wildman–Crippen MR) is 79.8 cm³/mol. The van der Waals surface area contributed by atoms with Crippen LogP contribution in [0.15, 0.2) is 18.5 Å². The first-order valence-corrected chi connectivity index (χ1v) is 7.21. The van der Waals surface area contributed by atoms with Crippen LogP contribution >= 0.6 is 0 Å². The Morgan fingerprint density at radius 3 is 2.63 bits per heavy atom. The smallest absolute Gasteiger partial charge is 0.0378 e. The van der Waals surface area contributed by atoms with Crippen LogP contribution in [0.25, 0.3) is 0 Å². The van der Waals surface area contributed by atoms with Crippen molar-refractivity contribution in [3.8, 4) is 0 Å². The molecule has 4 N–H and O–H groups in total. The summed E-state index contributed by atoms with van der Waals surface area (Å²) >= 11 is 0. The average Bonchev–Trinajstić information content (AvgIpc) is 2.42. The molecule has 19 heavy (non-hydrogen) atoms. The van der Waals surface area contributed by atoms with Crippen LogP contribution in [0.1, 0.15) is 38.7 Å². The number of aromatic nitrogens is 1. The van der Waals surface area contributed by atoms with Crippen molar-refractivity contribution >= 4 is 5.69 Å². The van der Waals surface area contributed by atoms with Gasteiger partial charge in [-0.3, -0.25) is 9.88 Å². The van der Waals surface area contributed by atoms with E-state index in [-0.39, 0.29) is 11.6 Å². The van der Waals surface area contributed by atoms with Crippen LogP contribution in [0.2, 0.25) is 0 Å². The molecule has 2 rings (SSSR count). The predicted octanol–water partition coefficient (Wildman–Crippen LogP) is 1.80. The van der Waals surface area contributed by atoms with Crippen LogP contribution in [0.3, 0.4) is 0 Å². The van der Waals surface area contributed by atoms with Gasteiger partial charge in [-0.15, -0.1) is 0 Å². The molecule has 0 aliphatic carbocycles. The van der Waals surface area contributed by atoms with Gasteiger partial charge in [0.1, 0.15) is 0 Å². The molecule has 0 amide bonds. The van der Waals surface area contributed by atoms with Crippen molar-refractivity contribution in [3.05, 3.63) is 24.0 Å². The van der Waals surface area contributed by atoms with Gasteiger partial charge in [0.15, 0.2) is 0 Å². The molecule has 0 radical (unpaired) electrons. The quantitative estimate of drug-likeness (QED) is 0.868. The molecule has 4 nitrogen and oxygen atoms in total. The molecule has 4 heteroatoms. The lowest BCUT2D eigenvalue weighted by Gasteiger charge is -2.44. The fraction of sp³-hybridized carbons (Fsp3) is 0.667. The highest BCUT2D eigenvalue weighted by atomic mass is 15.2. The van der Waals surface area contributed by atoms with E-state index in [1.54, 1.807) is 6.20 Å². The van der Waals surface area contributed by atoms with E-state index in [9.17, 15) is 0 Å². The Balaban J connectivity index is 2.05. The summed E-state index contributed by atoms with van der Waals surface area (Å²) in [6, 6.07) is 1.91. The number of pyridine rings is 1. The summed E-state index contributed by atoms with van der Waals surface area (Å²) in [5.41, 5.74) is 14.3. The highest BCUT2D eigenvalue weighted by Crippen LogP contribution is 2.25. The van der Waals surface area contributed by atoms with Crippen LogP contribution in [0.4, 0.5) is 5.69 Å². The van der Waals surface area contributed by atoms with Crippen LogP contribution in [0.5, 0.6) is 0 Å². The van der Waals surface area contributed by atoms with E-state index in [0.717, 1.165) is 30.8 Å². The highest BCUT2D eigenvalue weighted by Gasteiger charge is 2.33. The normalized spacial score (nSPS) is 19.3. The van der Waals surface area contributed by atoms with E-state index in [4.69, 9.17) is 11.5 Å². The largest absolute Gasteiger partial charge is 0.398 e. The summed E-state index contributed by atoms with van der Waals surface area (Å²) in [5, 5.41) is 0. The van der Waals surface area contributed by atoms with Gasteiger partial charge in [0.2, 0.25) is 0 Å². The number of hydrogen-bond acceptors (Lipinski definition) is 4. The molecule has 0 saturated carbocycles. The third-order valence-corrected chi connectivity index (χ3v) is 4.46. The molecule has 1 fully saturated rings. The molecule has 1 aromatic heterocycles. The van der Waals surface area contributed by atoms with Gasteiger partial charge in [0, 0.05) is 29.7 Å². The van der Waals surface area contributed by atoms with Gasteiger partial charge in [-0.2, -0.15) is 0 Å². The van der Waals surface area contributed by atoms with Gasteiger partial charge in [-0.25, -0.2) is 0 Å². The monoisotopic (exact) mass is 262 g/mol. The van der Waals surface area contributed by atoms with Gasteiger partial charge in [-0.05, 0) is 57.8 Å². The van der Waals surface area contributed by atoms with Crippen molar-refractivity contribution in [2.75, 3.05) is 18.8 Å². The summed E-state index contributed by atoms with van der Waals surface area (Å²) in [6.45, 7) is 6.80. The fourth-order valence-corrected chi connectivity index (χ4v) is 2.80. The summed E-state index contributed by atoms with van der Waals surface area (Å²) in [6.07, 6.45) is 8.25. The van der Waals surface area contributed by atoms with E-state index < -0.39 is 0 Å². The van der Waals surface area contributed by atoms with E-state index in [2.05, 4.69) is 23.7 Å². The van der Waals surface area contributed by atoms with Crippen LogP contribution in [-0.4, -0.2) is 34.6 Å². The van der Waals surface area contributed by atoms with Crippen LogP contribution in [-0.2, 0) is 6.42 Å². The van der Waals surface area contributed by atoms with Crippen molar-refractivity contribution in [3.63, 3.8) is 0 Å². The summed E-state index contributed by atoms with van der Waals surface area (Å²) < 4.78 is 0. The van der Waals surface area contributed by atoms with Gasteiger partial charge in [-0.1, -0.05) is 6.42 Å². The molecule has 1 atom stereocenters. The zero-order valence-corrected chi connectivity index (χ0v) is 12.1. The number of piperidine rings is 1. The standard InChI is InChI=1S/C15H26N4/c1-15(2,19-8-4-3-5-9-19)14(17)10-12-11-18-7-6-13(12)16/h6-7,11,14H,3-5,8-10,17H2,1-2H3,(H2,16,18). The maximum Gasteiger partial charge on any atom is 0.0378 e. The number of likely N-dealkylation sites (tertiary alicyclic amines) is 1. The Hall–Kier alpha value is -1.13. The van der Waals surface area contributed by atoms with Crippen LogP contribution < -0.4 is 11.5 Å². The minimum Gasteiger partial charge on any atom is -0.398 e. The van der Waals surface area contributed by atoms with Crippen molar-refractivity contribution in [1.29, 1.82) is 0 Å². The van der Waals surface area contributed by atoms with E-state index in [1.165, 1.54) is 19.3 Å². The second kappa shape index (κ2) is 5.88. The van der Waals surface area contributed by atoms with Gasteiger partial charge < -0.3 is 11.5 Å². The number of nitrogens with two attached hydrogens (primary N) is 2. The molecule has 0 aromatic carbocycles. The lowest BCUT2D eigenvalue weighted by molar-refractivity contribution is 0.0731. The fourth-order valence-electron chi connectivity index (χ4n) is 2.80. The Labute approximate surface area is 116 Å². The Morgan fingerprint density at radius 2 is 2.00 bits per heavy atom. The first-order chi connectivity index (χ1) is 9.01. The third kappa shape index (κ3) is 3.25. The molecule has 1 saturated heterocycles. The van der Waals surface area contributed by atoms with E-state index >= 15 is 0 Å². The summed E-state index contributed by atoms with van der Waals surface area (Å²) in [5.74, 6) is 0. The van der Waals surface area contributed by atoms with Gasteiger partial charge in [0.25, 0.3) is 0 Å². The molecular formula is C15H26N4. The first-order valence-electron chi connectivity index (χ1n) is 7.21. The number of nitrogen functional groups attached to an aromatic ring is 1. The lowest BCUT2D eigenvalue weighted by atomic mass is 9.87. The SMILES string of the molecule is CC(C)(C(N)Cc1cnccc1N)N1CCCCC1. The minimum absolute atomic E-state index is 0.00268. The van der Waals surface area contributed by atoms with Crippen molar-refractivity contribution in [2.45, 2.75) is 51.1 Å². The maximum atomic E-state index is 6.46. The summed E-state index contributed by atoms with van der Waals surface area (Å²) in [7, 11) is 0. The second-order valence-electron chi connectivity index (χ2n) is 6.09. The molecule has 1 unspecified atom stereocenters. The highest BCUT2D eigenvalue weighted by molar-refractivity contribution is 5.44. The van der Waals surface area contributed by atoms with Crippen molar-refractivity contribution in [2.24, 2.45) is 5.73 Å². The molecule has 1 aliphatic heterocycles. The van der Waals surface area contributed by atoms with Gasteiger partial charge in [0.05, 0.1) is 0 Å². The topological polar surface area (TPSA) is 68.2 Å². The van der Waals surface area contributed by atoms with E-state index in [0.29, 0.717) is 0 Å². The Kier molecular flexibility index (Phi) is 4.42. The molecular weight excluding hydrogens is 236 g/mol. The molecule has 1 aromatic rings. The average molecular weight is 262 g/mol. The zero-order valence-electron chi connectivity index (χ0n) is 12.1. The minimum atomic E-state index is 0.00268. The first kappa shape index (κ1) is 14.3. The molecule has 106 valence electrons. The molecule has 2 heterocycles. The summed E-state index contributed by atoms with van der Waals surface area (Å²) in [4.78, 5) is 6.67. The molecule has 0 bridgehead atoms. The molecule has 0 spiro atoms. The third-order valence-electron chi connectivity index (χ3n) is 4.46. The zero-order chi connectivity index (χ0) is 13.9. The molecule has 1 aliphatic rings. The number of rotatable bonds is 4. The Morgan fingerprint density at radius 1 is 1.32 bits per heavy atom. The lowest BCUT2D eigenvalue weighted by Crippen LogP contribution is -2.58. The number of anilines is 1. The number of hydrogen-bond donors (Lipinski definition) is 2. The maximum absolute atomic E-state index is 6.46. The van der Waals surface area contributed by atoms with Crippen molar-refractivity contribution in [1.82, 2.24) is 9.88 Å². The van der Waals surface area contributed by atoms with Crippen molar-refractivity contribution < 1.29 is 0 Å². The van der Waals surface area contributed by atoms with Crippen LogP contribution in [0, 0.1) is 0 Å². The number of nitrogens with zero attached hydrogens (tertiary/aromatic N) is 2.